The fraction of sp³-hybridized carbons (Fsp3) is 0.316. The lowest BCUT2D eigenvalue weighted by molar-refractivity contribution is 0.0993. The SMILES string of the molecule is CC(Sc1nc2ccsc2c(=O)n1C)C(=O)c1ccc2c(c1)CCC2. The molecule has 0 fully saturated rings. The van der Waals surface area contributed by atoms with Gasteiger partial charge in [-0.2, -0.15) is 0 Å². The number of aryl methyl sites for hydroxylation is 2. The van der Waals surface area contributed by atoms with Crippen molar-refractivity contribution in [3.63, 3.8) is 0 Å². The van der Waals surface area contributed by atoms with Gasteiger partial charge in [-0.25, -0.2) is 4.98 Å². The van der Waals surface area contributed by atoms with Crippen molar-refractivity contribution in [1.29, 1.82) is 0 Å². The van der Waals surface area contributed by atoms with E-state index >= 15 is 0 Å². The predicted molar refractivity (Wildman–Crippen MR) is 103 cm³/mol. The van der Waals surface area contributed by atoms with Crippen molar-refractivity contribution in [3.05, 3.63) is 56.7 Å². The van der Waals surface area contributed by atoms with Crippen LogP contribution in [0.5, 0.6) is 0 Å². The molecule has 0 saturated carbocycles. The zero-order valence-corrected chi connectivity index (χ0v) is 15.7. The molecule has 128 valence electrons. The first-order valence-corrected chi connectivity index (χ1v) is 10.1. The van der Waals surface area contributed by atoms with Gasteiger partial charge in [0.25, 0.3) is 5.56 Å². The van der Waals surface area contributed by atoms with E-state index in [2.05, 4.69) is 11.1 Å². The van der Waals surface area contributed by atoms with E-state index < -0.39 is 0 Å². The summed E-state index contributed by atoms with van der Waals surface area (Å²) in [4.78, 5) is 29.8. The molecule has 0 aliphatic heterocycles. The van der Waals surface area contributed by atoms with Gasteiger partial charge in [0.1, 0.15) is 4.70 Å². The van der Waals surface area contributed by atoms with Crippen LogP contribution in [0.25, 0.3) is 10.2 Å². The van der Waals surface area contributed by atoms with E-state index in [1.807, 2.05) is 30.5 Å². The number of rotatable bonds is 4. The molecule has 0 bridgehead atoms. The van der Waals surface area contributed by atoms with Gasteiger partial charge in [0, 0.05) is 12.6 Å². The summed E-state index contributed by atoms with van der Waals surface area (Å²) in [5.41, 5.74) is 4.06. The molecular formula is C19H18N2O2S2. The van der Waals surface area contributed by atoms with Crippen molar-refractivity contribution in [3.8, 4) is 0 Å². The molecule has 2 aromatic heterocycles. The lowest BCUT2D eigenvalue weighted by atomic mass is 10.0. The Morgan fingerprint density at radius 2 is 2.08 bits per heavy atom. The Bertz CT molecular complexity index is 1040. The Kier molecular flexibility index (Phi) is 4.25. The second-order valence-corrected chi connectivity index (χ2v) is 8.58. The van der Waals surface area contributed by atoms with Crippen LogP contribution >= 0.6 is 23.1 Å². The lowest BCUT2D eigenvalue weighted by Gasteiger charge is -2.13. The van der Waals surface area contributed by atoms with Crippen molar-refractivity contribution >= 4 is 39.1 Å². The standard InChI is InChI=1S/C19H18N2O2S2/c1-11(16(22)14-7-6-12-4-3-5-13(12)10-14)25-19-20-15-8-9-24-17(15)18(23)21(19)2/h6-11H,3-5H2,1-2H3. The van der Waals surface area contributed by atoms with E-state index in [9.17, 15) is 9.59 Å². The molecule has 2 heterocycles. The fourth-order valence-corrected chi connectivity index (χ4v) is 5.00. The molecule has 1 aliphatic carbocycles. The summed E-state index contributed by atoms with van der Waals surface area (Å²) in [6, 6.07) is 7.89. The largest absolute Gasteiger partial charge is 0.293 e. The molecule has 4 rings (SSSR count). The molecule has 1 aliphatic rings. The van der Waals surface area contributed by atoms with Gasteiger partial charge in [0.15, 0.2) is 10.9 Å². The van der Waals surface area contributed by atoms with Crippen LogP contribution in [0.4, 0.5) is 0 Å². The number of Topliss-reactive ketones (excluding diaryl/α,β-unsaturated/α-hetero) is 1. The number of benzene rings is 1. The monoisotopic (exact) mass is 370 g/mol. The van der Waals surface area contributed by atoms with E-state index in [4.69, 9.17) is 0 Å². The number of thioether (sulfide) groups is 1. The molecule has 0 N–H and O–H groups in total. The van der Waals surface area contributed by atoms with Gasteiger partial charge in [-0.3, -0.25) is 14.2 Å². The Labute approximate surface area is 153 Å². The lowest BCUT2D eigenvalue weighted by Crippen LogP contribution is -2.21. The van der Waals surface area contributed by atoms with E-state index in [1.165, 1.54) is 45.2 Å². The van der Waals surface area contributed by atoms with Gasteiger partial charge < -0.3 is 0 Å². The average molecular weight is 370 g/mol. The van der Waals surface area contributed by atoms with Gasteiger partial charge in [0.2, 0.25) is 0 Å². The minimum atomic E-state index is -0.298. The summed E-state index contributed by atoms with van der Waals surface area (Å²) in [5.74, 6) is 0.0827. The third kappa shape index (κ3) is 2.93. The Hall–Kier alpha value is -1.92. The number of hydrogen-bond acceptors (Lipinski definition) is 5. The van der Waals surface area contributed by atoms with Crippen LogP contribution in [-0.4, -0.2) is 20.6 Å². The van der Waals surface area contributed by atoms with E-state index in [1.54, 1.807) is 7.05 Å². The van der Waals surface area contributed by atoms with Crippen LogP contribution in [-0.2, 0) is 19.9 Å². The maximum absolute atomic E-state index is 12.8. The minimum Gasteiger partial charge on any atom is -0.293 e. The summed E-state index contributed by atoms with van der Waals surface area (Å²) in [7, 11) is 1.71. The summed E-state index contributed by atoms with van der Waals surface area (Å²) in [6.45, 7) is 1.88. The Morgan fingerprint density at radius 1 is 1.28 bits per heavy atom. The van der Waals surface area contributed by atoms with Crippen molar-refractivity contribution in [2.75, 3.05) is 0 Å². The quantitative estimate of drug-likeness (QED) is 0.398. The van der Waals surface area contributed by atoms with E-state index in [-0.39, 0.29) is 16.6 Å². The van der Waals surface area contributed by atoms with Crippen LogP contribution in [0, 0.1) is 0 Å². The first kappa shape index (κ1) is 16.5. The van der Waals surface area contributed by atoms with E-state index in [0.29, 0.717) is 15.4 Å². The fourth-order valence-electron chi connectivity index (χ4n) is 3.24. The highest BCUT2D eigenvalue weighted by atomic mass is 32.2. The normalized spacial score (nSPS) is 14.6. The predicted octanol–water partition coefficient (Wildman–Crippen LogP) is 3.85. The second-order valence-electron chi connectivity index (χ2n) is 6.35. The molecule has 1 aromatic carbocycles. The zero-order chi connectivity index (χ0) is 17.6. The first-order chi connectivity index (χ1) is 12.0. The third-order valence-electron chi connectivity index (χ3n) is 4.68. The number of hydrogen-bond donors (Lipinski definition) is 0. The summed E-state index contributed by atoms with van der Waals surface area (Å²) < 4.78 is 2.19. The molecule has 4 nitrogen and oxygen atoms in total. The zero-order valence-electron chi connectivity index (χ0n) is 14.1. The molecule has 0 radical (unpaired) electrons. The average Bonchev–Trinajstić information content (AvgIpc) is 3.26. The minimum absolute atomic E-state index is 0.0559. The molecular weight excluding hydrogens is 352 g/mol. The van der Waals surface area contributed by atoms with Crippen LogP contribution in [0.2, 0.25) is 0 Å². The van der Waals surface area contributed by atoms with Crippen LogP contribution in [0.3, 0.4) is 0 Å². The molecule has 1 unspecified atom stereocenters. The van der Waals surface area contributed by atoms with Crippen molar-refractivity contribution in [2.45, 2.75) is 36.6 Å². The van der Waals surface area contributed by atoms with E-state index in [0.717, 1.165) is 18.4 Å². The van der Waals surface area contributed by atoms with Crippen LogP contribution in [0.15, 0.2) is 39.6 Å². The summed E-state index contributed by atoms with van der Waals surface area (Å²) in [5, 5.41) is 2.15. The molecule has 0 saturated heterocycles. The van der Waals surface area contributed by atoms with Crippen molar-refractivity contribution < 1.29 is 4.79 Å². The third-order valence-corrected chi connectivity index (χ3v) is 6.72. The maximum Gasteiger partial charge on any atom is 0.271 e. The number of ketones is 1. The highest BCUT2D eigenvalue weighted by Gasteiger charge is 2.21. The number of nitrogens with zero attached hydrogens (tertiary/aromatic N) is 2. The Morgan fingerprint density at radius 3 is 2.92 bits per heavy atom. The number of fused-ring (bicyclic) bond motifs is 2. The van der Waals surface area contributed by atoms with Crippen molar-refractivity contribution in [2.24, 2.45) is 7.05 Å². The molecule has 0 amide bonds. The summed E-state index contributed by atoms with van der Waals surface area (Å²) >= 11 is 2.74. The van der Waals surface area contributed by atoms with Gasteiger partial charge in [-0.15, -0.1) is 11.3 Å². The first-order valence-electron chi connectivity index (χ1n) is 8.31. The summed E-state index contributed by atoms with van der Waals surface area (Å²) in [6.07, 6.45) is 3.34. The van der Waals surface area contributed by atoms with Gasteiger partial charge in [0.05, 0.1) is 10.8 Å². The van der Waals surface area contributed by atoms with Gasteiger partial charge >= 0.3 is 0 Å². The highest BCUT2D eigenvalue weighted by Crippen LogP contribution is 2.28. The smallest absolute Gasteiger partial charge is 0.271 e. The Balaban J connectivity index is 1.61. The topological polar surface area (TPSA) is 52.0 Å². The van der Waals surface area contributed by atoms with Crippen molar-refractivity contribution in [1.82, 2.24) is 9.55 Å². The van der Waals surface area contributed by atoms with Gasteiger partial charge in [-0.05, 0) is 54.8 Å². The van der Waals surface area contributed by atoms with Crippen LogP contribution < -0.4 is 5.56 Å². The number of carbonyl (C=O) groups excluding carboxylic acids is 1. The number of aromatic nitrogens is 2. The number of thiophene rings is 1. The number of carbonyl (C=O) groups is 1. The molecule has 1 atom stereocenters. The van der Waals surface area contributed by atoms with Crippen LogP contribution in [0.1, 0.15) is 34.8 Å². The molecule has 0 spiro atoms. The second kappa shape index (κ2) is 6.42. The van der Waals surface area contributed by atoms with Gasteiger partial charge in [-0.1, -0.05) is 23.9 Å². The molecule has 3 aromatic rings. The molecule has 25 heavy (non-hydrogen) atoms. The highest BCUT2D eigenvalue weighted by molar-refractivity contribution is 8.00. The molecule has 6 heteroatoms. The maximum atomic E-state index is 12.8.